The Bertz CT molecular complexity index is 611. The molecule has 0 aromatic heterocycles. The van der Waals surface area contributed by atoms with E-state index in [-0.39, 0.29) is 0 Å². The third-order valence-corrected chi connectivity index (χ3v) is 3.63. The van der Waals surface area contributed by atoms with E-state index in [0.29, 0.717) is 5.17 Å². The number of aryl methyl sites for hydroxylation is 1. The van der Waals surface area contributed by atoms with Gasteiger partial charge in [-0.1, -0.05) is 36.0 Å². The van der Waals surface area contributed by atoms with E-state index in [9.17, 15) is 0 Å². The zero-order valence-corrected chi connectivity index (χ0v) is 12.5. The molecule has 0 radical (unpaired) electrons. The second-order valence-electron chi connectivity index (χ2n) is 4.43. The van der Waals surface area contributed by atoms with E-state index in [2.05, 4.69) is 11.1 Å². The molecular weight excluding hydrogens is 268 g/mol. The average Bonchev–Trinajstić information content (AvgIpc) is 2.45. The van der Waals surface area contributed by atoms with E-state index in [1.165, 1.54) is 17.3 Å². The fourth-order valence-corrected chi connectivity index (χ4v) is 2.44. The lowest BCUT2D eigenvalue weighted by molar-refractivity contribution is 0.414. The van der Waals surface area contributed by atoms with E-state index in [0.717, 1.165) is 22.8 Å². The maximum absolute atomic E-state index is 5.96. The van der Waals surface area contributed by atoms with Crippen LogP contribution in [0.25, 0.3) is 0 Å². The molecule has 3 nitrogen and oxygen atoms in total. The van der Waals surface area contributed by atoms with E-state index in [1.54, 1.807) is 7.11 Å². The van der Waals surface area contributed by atoms with Crippen molar-refractivity contribution in [3.05, 3.63) is 59.7 Å². The standard InChI is InChI=1S/C16H18N2OS/c1-12-5-3-7-14(9-12)18-16(17)20-11-13-6-4-8-15(10-13)19-2/h3-10H,11H2,1-2H3,(H2,17,18). The first-order valence-electron chi connectivity index (χ1n) is 6.34. The molecule has 2 rings (SSSR count). The van der Waals surface area contributed by atoms with Gasteiger partial charge >= 0.3 is 0 Å². The van der Waals surface area contributed by atoms with Gasteiger partial charge in [0, 0.05) is 5.75 Å². The summed E-state index contributed by atoms with van der Waals surface area (Å²) < 4.78 is 5.20. The van der Waals surface area contributed by atoms with E-state index < -0.39 is 0 Å². The summed E-state index contributed by atoms with van der Waals surface area (Å²) in [6, 6.07) is 15.9. The molecule has 0 heterocycles. The lowest BCUT2D eigenvalue weighted by Crippen LogP contribution is -2.06. The Labute approximate surface area is 123 Å². The topological polar surface area (TPSA) is 47.6 Å². The van der Waals surface area contributed by atoms with Crippen LogP contribution in [0.3, 0.4) is 0 Å². The molecule has 2 aromatic carbocycles. The molecule has 104 valence electrons. The van der Waals surface area contributed by atoms with Crippen molar-refractivity contribution in [1.29, 1.82) is 0 Å². The van der Waals surface area contributed by atoms with Gasteiger partial charge < -0.3 is 10.5 Å². The van der Waals surface area contributed by atoms with Crippen molar-refractivity contribution in [1.82, 2.24) is 0 Å². The number of thioether (sulfide) groups is 1. The van der Waals surface area contributed by atoms with E-state index >= 15 is 0 Å². The SMILES string of the molecule is COc1cccc(CSC(N)=Nc2cccc(C)c2)c1. The predicted molar refractivity (Wildman–Crippen MR) is 86.8 cm³/mol. The summed E-state index contributed by atoms with van der Waals surface area (Å²) in [5, 5.41) is 0.568. The molecule has 0 aliphatic carbocycles. The predicted octanol–water partition coefficient (Wildman–Crippen LogP) is 3.88. The molecule has 0 aliphatic rings. The molecule has 2 N–H and O–H groups in total. The van der Waals surface area contributed by atoms with Gasteiger partial charge in [0.15, 0.2) is 5.17 Å². The normalized spacial score (nSPS) is 11.4. The highest BCUT2D eigenvalue weighted by molar-refractivity contribution is 8.13. The summed E-state index contributed by atoms with van der Waals surface area (Å²) in [7, 11) is 1.67. The van der Waals surface area contributed by atoms with Crippen molar-refractivity contribution in [3.63, 3.8) is 0 Å². The number of amidine groups is 1. The van der Waals surface area contributed by atoms with Crippen molar-refractivity contribution in [2.75, 3.05) is 7.11 Å². The molecule has 0 unspecified atom stereocenters. The molecule has 0 spiro atoms. The molecular formula is C16H18N2OS. The lowest BCUT2D eigenvalue weighted by Gasteiger charge is -2.04. The highest BCUT2D eigenvalue weighted by atomic mass is 32.2. The van der Waals surface area contributed by atoms with Crippen LogP contribution in [0.15, 0.2) is 53.5 Å². The number of nitrogens with two attached hydrogens (primary N) is 1. The van der Waals surface area contributed by atoms with Gasteiger partial charge in [-0.15, -0.1) is 0 Å². The van der Waals surface area contributed by atoms with Crippen LogP contribution in [0, 0.1) is 6.92 Å². The van der Waals surface area contributed by atoms with Crippen molar-refractivity contribution < 1.29 is 4.74 Å². The van der Waals surface area contributed by atoms with Crippen LogP contribution < -0.4 is 10.5 Å². The number of rotatable bonds is 4. The molecule has 0 amide bonds. The Morgan fingerprint density at radius 2 is 2.00 bits per heavy atom. The maximum atomic E-state index is 5.96. The largest absolute Gasteiger partial charge is 0.497 e. The molecule has 0 bridgehead atoms. The molecule has 2 aromatic rings. The lowest BCUT2D eigenvalue weighted by atomic mass is 10.2. The second-order valence-corrected chi connectivity index (χ2v) is 5.42. The summed E-state index contributed by atoms with van der Waals surface area (Å²) in [5.41, 5.74) is 9.19. The number of benzene rings is 2. The quantitative estimate of drug-likeness (QED) is 0.685. The van der Waals surface area contributed by atoms with Gasteiger partial charge in [-0.3, -0.25) is 0 Å². The molecule has 0 saturated heterocycles. The Morgan fingerprint density at radius 3 is 2.75 bits per heavy atom. The number of methoxy groups -OCH3 is 1. The van der Waals surface area contributed by atoms with Gasteiger partial charge in [-0.05, 0) is 42.3 Å². The number of hydrogen-bond donors (Lipinski definition) is 1. The first-order valence-corrected chi connectivity index (χ1v) is 7.32. The first kappa shape index (κ1) is 14.5. The van der Waals surface area contributed by atoms with Gasteiger partial charge in [0.05, 0.1) is 12.8 Å². The van der Waals surface area contributed by atoms with Crippen LogP contribution in [0.2, 0.25) is 0 Å². The first-order chi connectivity index (χ1) is 9.67. The van der Waals surface area contributed by atoms with Crippen molar-refractivity contribution in [2.24, 2.45) is 10.7 Å². The number of aliphatic imine (C=N–C) groups is 1. The minimum atomic E-state index is 0.568. The smallest absolute Gasteiger partial charge is 0.159 e. The van der Waals surface area contributed by atoms with Crippen molar-refractivity contribution >= 4 is 22.6 Å². The zero-order chi connectivity index (χ0) is 14.4. The highest BCUT2D eigenvalue weighted by Gasteiger charge is 2.00. The second kappa shape index (κ2) is 7.01. The van der Waals surface area contributed by atoms with Crippen molar-refractivity contribution in [3.8, 4) is 5.75 Å². The molecule has 4 heteroatoms. The van der Waals surface area contributed by atoms with Gasteiger partial charge in [-0.2, -0.15) is 0 Å². The molecule has 0 aliphatic heterocycles. The summed E-state index contributed by atoms with van der Waals surface area (Å²) >= 11 is 1.52. The summed E-state index contributed by atoms with van der Waals surface area (Å²) in [5.74, 6) is 1.63. The van der Waals surface area contributed by atoms with Gasteiger partial charge in [0.25, 0.3) is 0 Å². The summed E-state index contributed by atoms with van der Waals surface area (Å²) in [4.78, 5) is 4.40. The molecule has 20 heavy (non-hydrogen) atoms. The fraction of sp³-hybridized carbons (Fsp3) is 0.188. The third-order valence-electron chi connectivity index (χ3n) is 2.76. The fourth-order valence-electron chi connectivity index (χ4n) is 1.78. The summed E-state index contributed by atoms with van der Waals surface area (Å²) in [6.45, 7) is 2.04. The Balaban J connectivity index is 1.99. The Kier molecular flexibility index (Phi) is 5.07. The van der Waals surface area contributed by atoms with Gasteiger partial charge in [-0.25, -0.2) is 4.99 Å². The van der Waals surface area contributed by atoms with E-state index in [1.807, 2.05) is 49.4 Å². The molecule has 0 saturated carbocycles. The highest BCUT2D eigenvalue weighted by Crippen LogP contribution is 2.20. The van der Waals surface area contributed by atoms with Crippen LogP contribution in [-0.2, 0) is 5.75 Å². The Morgan fingerprint density at radius 1 is 1.20 bits per heavy atom. The Hall–Kier alpha value is -1.94. The number of hydrogen-bond acceptors (Lipinski definition) is 3. The monoisotopic (exact) mass is 286 g/mol. The van der Waals surface area contributed by atoms with Crippen LogP contribution in [0.5, 0.6) is 5.75 Å². The average molecular weight is 286 g/mol. The van der Waals surface area contributed by atoms with Crippen LogP contribution in [-0.4, -0.2) is 12.3 Å². The minimum absolute atomic E-state index is 0.568. The van der Waals surface area contributed by atoms with Crippen molar-refractivity contribution in [2.45, 2.75) is 12.7 Å². The van der Waals surface area contributed by atoms with E-state index in [4.69, 9.17) is 10.5 Å². The van der Waals surface area contributed by atoms with Crippen LogP contribution >= 0.6 is 11.8 Å². The summed E-state index contributed by atoms with van der Waals surface area (Å²) in [6.07, 6.45) is 0. The minimum Gasteiger partial charge on any atom is -0.497 e. The molecule has 0 fully saturated rings. The zero-order valence-electron chi connectivity index (χ0n) is 11.7. The van der Waals surface area contributed by atoms with Crippen LogP contribution in [0.4, 0.5) is 5.69 Å². The number of nitrogens with zero attached hydrogens (tertiary/aromatic N) is 1. The maximum Gasteiger partial charge on any atom is 0.159 e. The molecule has 0 atom stereocenters. The number of ether oxygens (including phenoxy) is 1. The van der Waals surface area contributed by atoms with Gasteiger partial charge in [0.2, 0.25) is 0 Å². The van der Waals surface area contributed by atoms with Gasteiger partial charge in [0.1, 0.15) is 5.75 Å². The van der Waals surface area contributed by atoms with Crippen LogP contribution in [0.1, 0.15) is 11.1 Å². The third kappa shape index (κ3) is 4.31.